The first-order valence-electron chi connectivity index (χ1n) is 5.82. The van der Waals surface area contributed by atoms with Crippen LogP contribution >= 0.6 is 0 Å². The van der Waals surface area contributed by atoms with Crippen molar-refractivity contribution in [1.82, 2.24) is 0 Å². The summed E-state index contributed by atoms with van der Waals surface area (Å²) in [6.07, 6.45) is 0. The Morgan fingerprint density at radius 2 is 1.94 bits per heavy atom. The molecule has 2 spiro atoms. The van der Waals surface area contributed by atoms with Gasteiger partial charge in [-0.15, -0.1) is 0 Å². The molecule has 3 aliphatic rings. The van der Waals surface area contributed by atoms with Crippen LogP contribution in [0.1, 0.15) is 5.56 Å². The van der Waals surface area contributed by atoms with Crippen molar-refractivity contribution in [2.45, 2.75) is 11.0 Å². The molecular formula is C13H11NO4. The van der Waals surface area contributed by atoms with Gasteiger partial charge in [0, 0.05) is 12.7 Å². The molecule has 0 radical (unpaired) electrons. The summed E-state index contributed by atoms with van der Waals surface area (Å²) >= 11 is 0. The third-order valence-electron chi connectivity index (χ3n) is 4.27. The Labute approximate surface area is 103 Å². The zero-order valence-corrected chi connectivity index (χ0v) is 9.80. The lowest BCUT2D eigenvalue weighted by molar-refractivity contribution is -0.142. The standard InChI is InChI=1S/C13H11NO4/c1-14-9-5-3-2-4-8(9)12(10(14)15)6-17-11(16)13(12)7-18-13/h2-5H,6-7H2,1H3/t12-,13?/m0/s1. The Morgan fingerprint density at radius 3 is 2.67 bits per heavy atom. The summed E-state index contributed by atoms with van der Waals surface area (Å²) in [5, 5.41) is 0. The van der Waals surface area contributed by atoms with Gasteiger partial charge in [-0.05, 0) is 11.6 Å². The van der Waals surface area contributed by atoms with Crippen LogP contribution in [0, 0.1) is 0 Å². The van der Waals surface area contributed by atoms with Gasteiger partial charge in [0.2, 0.25) is 11.5 Å². The highest BCUT2D eigenvalue weighted by molar-refractivity contribution is 6.14. The van der Waals surface area contributed by atoms with Gasteiger partial charge in [-0.1, -0.05) is 18.2 Å². The van der Waals surface area contributed by atoms with Gasteiger partial charge in [-0.2, -0.15) is 0 Å². The fourth-order valence-electron chi connectivity index (χ4n) is 3.19. The summed E-state index contributed by atoms with van der Waals surface area (Å²) < 4.78 is 10.5. The second-order valence-corrected chi connectivity index (χ2v) is 4.98. The second kappa shape index (κ2) is 2.75. The summed E-state index contributed by atoms with van der Waals surface area (Å²) in [4.78, 5) is 26.0. The highest BCUT2D eigenvalue weighted by Gasteiger charge is 2.79. The Morgan fingerprint density at radius 1 is 1.22 bits per heavy atom. The van der Waals surface area contributed by atoms with Crippen molar-refractivity contribution < 1.29 is 19.1 Å². The van der Waals surface area contributed by atoms with E-state index in [9.17, 15) is 9.59 Å². The van der Waals surface area contributed by atoms with Crippen LogP contribution in [-0.2, 0) is 24.5 Å². The van der Waals surface area contributed by atoms with Gasteiger partial charge in [0.15, 0.2) is 5.41 Å². The number of epoxide rings is 1. The number of amides is 1. The number of carbonyl (C=O) groups is 2. The lowest BCUT2D eigenvalue weighted by Crippen LogP contribution is -2.50. The molecule has 0 saturated carbocycles. The van der Waals surface area contributed by atoms with Crippen LogP contribution in [0.15, 0.2) is 24.3 Å². The number of carbonyl (C=O) groups excluding carboxylic acids is 2. The number of esters is 1. The molecule has 3 heterocycles. The maximum Gasteiger partial charge on any atom is 0.342 e. The molecule has 18 heavy (non-hydrogen) atoms. The predicted molar refractivity (Wildman–Crippen MR) is 61.2 cm³/mol. The summed E-state index contributed by atoms with van der Waals surface area (Å²) in [6.45, 7) is 0.339. The van der Waals surface area contributed by atoms with Gasteiger partial charge in [0.05, 0.1) is 6.61 Å². The highest BCUT2D eigenvalue weighted by Crippen LogP contribution is 2.57. The first-order chi connectivity index (χ1) is 8.63. The van der Waals surface area contributed by atoms with Crippen molar-refractivity contribution in [2.75, 3.05) is 25.2 Å². The fourth-order valence-corrected chi connectivity index (χ4v) is 3.19. The normalized spacial score (nSPS) is 36.4. The Bertz CT molecular complexity index is 592. The molecule has 92 valence electrons. The fraction of sp³-hybridized carbons (Fsp3) is 0.385. The van der Waals surface area contributed by atoms with E-state index < -0.39 is 17.0 Å². The van der Waals surface area contributed by atoms with E-state index in [2.05, 4.69) is 0 Å². The first kappa shape index (κ1) is 10.1. The molecule has 1 unspecified atom stereocenters. The van der Waals surface area contributed by atoms with Crippen molar-refractivity contribution in [2.24, 2.45) is 0 Å². The summed E-state index contributed by atoms with van der Waals surface area (Å²) in [5.74, 6) is -0.534. The number of likely N-dealkylation sites (N-methyl/N-ethyl adjacent to an activating group) is 1. The molecular weight excluding hydrogens is 234 g/mol. The maximum absolute atomic E-state index is 12.6. The van der Waals surface area contributed by atoms with Gasteiger partial charge in [0.1, 0.15) is 6.61 Å². The molecule has 1 amide bonds. The van der Waals surface area contributed by atoms with Crippen molar-refractivity contribution in [1.29, 1.82) is 0 Å². The molecule has 0 aliphatic carbocycles. The van der Waals surface area contributed by atoms with Gasteiger partial charge in [0.25, 0.3) is 0 Å². The number of cyclic esters (lactones) is 1. The SMILES string of the molecule is CN1C(=O)[C@]2(COC(=O)C23CO3)c2ccccc21. The van der Waals surface area contributed by atoms with E-state index in [1.807, 2.05) is 24.3 Å². The third kappa shape index (κ3) is 0.800. The number of rotatable bonds is 0. The van der Waals surface area contributed by atoms with Crippen LogP contribution in [0.3, 0.4) is 0 Å². The Balaban J connectivity index is 2.02. The summed E-state index contributed by atoms with van der Waals surface area (Å²) in [6, 6.07) is 7.49. The number of ether oxygens (including phenoxy) is 2. The third-order valence-corrected chi connectivity index (χ3v) is 4.27. The minimum atomic E-state index is -1.08. The van der Waals surface area contributed by atoms with Crippen molar-refractivity contribution in [3.63, 3.8) is 0 Å². The molecule has 4 rings (SSSR count). The molecule has 1 aromatic carbocycles. The number of anilines is 1. The van der Waals surface area contributed by atoms with E-state index in [0.29, 0.717) is 0 Å². The average Bonchev–Trinajstić information content (AvgIpc) is 3.10. The van der Waals surface area contributed by atoms with Crippen LogP contribution in [0.25, 0.3) is 0 Å². The summed E-state index contributed by atoms with van der Waals surface area (Å²) in [5.41, 5.74) is -0.392. The van der Waals surface area contributed by atoms with Gasteiger partial charge < -0.3 is 14.4 Å². The molecule has 0 N–H and O–H groups in total. The molecule has 5 heteroatoms. The Kier molecular flexibility index (Phi) is 1.54. The zero-order valence-electron chi connectivity index (χ0n) is 9.80. The average molecular weight is 245 g/mol. The van der Waals surface area contributed by atoms with E-state index in [0.717, 1.165) is 11.3 Å². The molecule has 3 aliphatic heterocycles. The zero-order chi connectivity index (χ0) is 12.5. The molecule has 2 fully saturated rings. The van der Waals surface area contributed by atoms with Crippen LogP contribution in [-0.4, -0.2) is 37.7 Å². The predicted octanol–water partition coefficient (Wildman–Crippen LogP) is 0.227. The van der Waals surface area contributed by atoms with Crippen molar-refractivity contribution in [3.8, 4) is 0 Å². The molecule has 2 saturated heterocycles. The van der Waals surface area contributed by atoms with Gasteiger partial charge in [-0.3, -0.25) is 4.79 Å². The van der Waals surface area contributed by atoms with E-state index >= 15 is 0 Å². The van der Waals surface area contributed by atoms with E-state index in [4.69, 9.17) is 9.47 Å². The van der Waals surface area contributed by atoms with Crippen LogP contribution in [0.2, 0.25) is 0 Å². The molecule has 0 aromatic heterocycles. The number of benzene rings is 1. The van der Waals surface area contributed by atoms with Gasteiger partial charge in [-0.25, -0.2) is 4.79 Å². The molecule has 5 nitrogen and oxygen atoms in total. The number of para-hydroxylation sites is 1. The van der Waals surface area contributed by atoms with Crippen LogP contribution < -0.4 is 4.90 Å². The quantitative estimate of drug-likeness (QED) is 0.485. The second-order valence-electron chi connectivity index (χ2n) is 4.98. The van der Waals surface area contributed by atoms with E-state index in [-0.39, 0.29) is 19.1 Å². The molecule has 2 atom stereocenters. The van der Waals surface area contributed by atoms with Gasteiger partial charge >= 0.3 is 5.97 Å². The summed E-state index contributed by atoms with van der Waals surface area (Å²) in [7, 11) is 1.72. The number of nitrogens with zero attached hydrogens (tertiary/aromatic N) is 1. The van der Waals surface area contributed by atoms with E-state index in [1.165, 1.54) is 0 Å². The lowest BCUT2D eigenvalue weighted by atomic mass is 9.73. The lowest BCUT2D eigenvalue weighted by Gasteiger charge is -2.22. The highest BCUT2D eigenvalue weighted by atomic mass is 16.7. The van der Waals surface area contributed by atoms with Crippen molar-refractivity contribution in [3.05, 3.63) is 29.8 Å². The largest absolute Gasteiger partial charge is 0.462 e. The van der Waals surface area contributed by atoms with Crippen LogP contribution in [0.4, 0.5) is 5.69 Å². The molecule has 1 aromatic rings. The number of fused-ring (bicyclic) bond motifs is 3. The number of hydrogen-bond donors (Lipinski definition) is 0. The monoisotopic (exact) mass is 245 g/mol. The first-order valence-corrected chi connectivity index (χ1v) is 5.82. The minimum Gasteiger partial charge on any atom is -0.462 e. The minimum absolute atomic E-state index is 0.0754. The number of hydrogen-bond acceptors (Lipinski definition) is 4. The maximum atomic E-state index is 12.6. The van der Waals surface area contributed by atoms with Crippen LogP contribution in [0.5, 0.6) is 0 Å². The smallest absolute Gasteiger partial charge is 0.342 e. The Hall–Kier alpha value is -1.88. The van der Waals surface area contributed by atoms with E-state index in [1.54, 1.807) is 11.9 Å². The molecule has 0 bridgehead atoms. The van der Waals surface area contributed by atoms with Crippen molar-refractivity contribution >= 4 is 17.6 Å². The topological polar surface area (TPSA) is 59.1 Å².